The smallest absolute Gasteiger partial charge is 0.262 e. The molecule has 2 aromatic heterocycles. The number of nitrogens with one attached hydrogen (secondary N) is 1. The Morgan fingerprint density at radius 2 is 1.61 bits per heavy atom. The Morgan fingerprint density at radius 1 is 0.861 bits per heavy atom. The van der Waals surface area contributed by atoms with Crippen LogP contribution < -0.4 is 10.9 Å². The summed E-state index contributed by atoms with van der Waals surface area (Å²) in [5.41, 5.74) is 4.36. The molecule has 1 N–H and O–H groups in total. The van der Waals surface area contributed by atoms with Crippen LogP contribution in [0.25, 0.3) is 10.9 Å². The van der Waals surface area contributed by atoms with Crippen LogP contribution in [0.2, 0.25) is 0 Å². The van der Waals surface area contributed by atoms with Crippen LogP contribution in [-0.2, 0) is 17.8 Å². The Hall–Kier alpha value is -4.23. The number of rotatable bonds is 8. The molecule has 2 heterocycles. The maximum absolute atomic E-state index is 13.3. The fourth-order valence-corrected chi connectivity index (χ4v) is 4.80. The molecule has 0 spiro atoms. The SMILES string of the molecule is O=C(CSc1nc2ccccc2c(=O)n1Cc1cccnc1)Nc1ccccc1Cc1ccccc1. The molecular weight excluding hydrogens is 468 g/mol. The lowest BCUT2D eigenvalue weighted by molar-refractivity contribution is -0.113. The highest BCUT2D eigenvalue weighted by Crippen LogP contribution is 2.22. The van der Waals surface area contributed by atoms with E-state index in [1.54, 1.807) is 23.0 Å². The zero-order valence-electron chi connectivity index (χ0n) is 19.5. The first-order valence-corrected chi connectivity index (χ1v) is 12.6. The molecule has 0 bridgehead atoms. The highest BCUT2D eigenvalue weighted by atomic mass is 32.2. The minimum atomic E-state index is -0.157. The Morgan fingerprint density at radius 3 is 2.44 bits per heavy atom. The molecule has 0 saturated carbocycles. The summed E-state index contributed by atoms with van der Waals surface area (Å²) in [6.07, 6.45) is 4.15. The minimum Gasteiger partial charge on any atom is -0.325 e. The third-order valence-electron chi connectivity index (χ3n) is 5.75. The van der Waals surface area contributed by atoms with Crippen molar-refractivity contribution in [3.8, 4) is 0 Å². The van der Waals surface area contributed by atoms with Crippen molar-refractivity contribution >= 4 is 34.3 Å². The number of anilines is 1. The van der Waals surface area contributed by atoms with Gasteiger partial charge in [0, 0.05) is 18.1 Å². The topological polar surface area (TPSA) is 76.9 Å². The van der Waals surface area contributed by atoms with E-state index in [1.165, 1.54) is 17.3 Å². The number of amides is 1. The first-order valence-electron chi connectivity index (χ1n) is 11.6. The molecule has 0 aliphatic heterocycles. The van der Waals surface area contributed by atoms with Crippen LogP contribution in [0.4, 0.5) is 5.69 Å². The monoisotopic (exact) mass is 492 g/mol. The van der Waals surface area contributed by atoms with E-state index < -0.39 is 0 Å². The number of thioether (sulfide) groups is 1. The molecule has 36 heavy (non-hydrogen) atoms. The summed E-state index contributed by atoms with van der Waals surface area (Å²) in [7, 11) is 0. The van der Waals surface area contributed by atoms with Gasteiger partial charge in [0.2, 0.25) is 5.91 Å². The number of carbonyl (C=O) groups is 1. The molecule has 0 unspecified atom stereocenters. The van der Waals surface area contributed by atoms with Gasteiger partial charge in [-0.05, 0) is 47.4 Å². The Labute approximate surface area is 213 Å². The van der Waals surface area contributed by atoms with Gasteiger partial charge in [-0.3, -0.25) is 19.1 Å². The van der Waals surface area contributed by atoms with Crippen LogP contribution in [0.1, 0.15) is 16.7 Å². The van der Waals surface area contributed by atoms with Crippen molar-refractivity contribution in [3.63, 3.8) is 0 Å². The number of nitrogens with zero attached hydrogens (tertiary/aromatic N) is 3. The average Bonchev–Trinajstić information content (AvgIpc) is 2.92. The fourth-order valence-electron chi connectivity index (χ4n) is 4.00. The van der Waals surface area contributed by atoms with Crippen LogP contribution in [0, 0.1) is 0 Å². The number of carbonyl (C=O) groups excluding carboxylic acids is 1. The lowest BCUT2D eigenvalue weighted by atomic mass is 10.0. The second-order valence-electron chi connectivity index (χ2n) is 8.32. The molecule has 6 nitrogen and oxygen atoms in total. The van der Waals surface area contributed by atoms with E-state index in [9.17, 15) is 9.59 Å². The predicted octanol–water partition coefficient (Wildman–Crippen LogP) is 5.16. The molecule has 0 aliphatic carbocycles. The van der Waals surface area contributed by atoms with Crippen LogP contribution in [-0.4, -0.2) is 26.2 Å². The third-order valence-corrected chi connectivity index (χ3v) is 6.73. The summed E-state index contributed by atoms with van der Waals surface area (Å²) in [6, 6.07) is 29.0. The second-order valence-corrected chi connectivity index (χ2v) is 9.26. The molecule has 7 heteroatoms. The average molecular weight is 493 g/mol. The normalized spacial score (nSPS) is 10.9. The number of benzene rings is 3. The molecule has 0 fully saturated rings. The minimum absolute atomic E-state index is 0.123. The van der Waals surface area contributed by atoms with Crippen molar-refractivity contribution in [2.24, 2.45) is 0 Å². The summed E-state index contributed by atoms with van der Waals surface area (Å²) in [6.45, 7) is 0.328. The second kappa shape index (κ2) is 11.0. The highest BCUT2D eigenvalue weighted by Gasteiger charge is 2.15. The molecule has 5 rings (SSSR count). The lowest BCUT2D eigenvalue weighted by Gasteiger charge is -2.14. The zero-order chi connectivity index (χ0) is 24.7. The van der Waals surface area contributed by atoms with E-state index in [0.29, 0.717) is 22.6 Å². The Balaban J connectivity index is 1.36. The molecule has 5 aromatic rings. The van der Waals surface area contributed by atoms with Gasteiger partial charge in [-0.1, -0.05) is 78.5 Å². The van der Waals surface area contributed by atoms with Crippen molar-refractivity contribution in [2.45, 2.75) is 18.1 Å². The van der Waals surface area contributed by atoms with Gasteiger partial charge in [-0.2, -0.15) is 0 Å². The predicted molar refractivity (Wildman–Crippen MR) is 144 cm³/mol. The molecule has 1 amide bonds. The van der Waals surface area contributed by atoms with Gasteiger partial charge in [-0.15, -0.1) is 0 Å². The van der Waals surface area contributed by atoms with Crippen molar-refractivity contribution in [1.82, 2.24) is 14.5 Å². The highest BCUT2D eigenvalue weighted by molar-refractivity contribution is 7.99. The summed E-state index contributed by atoms with van der Waals surface area (Å²) in [5.74, 6) is -0.0341. The van der Waals surface area contributed by atoms with Crippen LogP contribution in [0.5, 0.6) is 0 Å². The van der Waals surface area contributed by atoms with Gasteiger partial charge in [0.15, 0.2) is 5.16 Å². The molecule has 3 aromatic carbocycles. The summed E-state index contributed by atoms with van der Waals surface area (Å²) < 4.78 is 1.61. The number of hydrogen-bond donors (Lipinski definition) is 1. The maximum atomic E-state index is 13.3. The molecule has 0 aliphatic rings. The number of fused-ring (bicyclic) bond motifs is 1. The lowest BCUT2D eigenvalue weighted by Crippen LogP contribution is -2.25. The van der Waals surface area contributed by atoms with E-state index in [4.69, 9.17) is 4.98 Å². The van der Waals surface area contributed by atoms with Gasteiger partial charge in [0.1, 0.15) is 0 Å². The van der Waals surface area contributed by atoms with E-state index in [-0.39, 0.29) is 17.2 Å². The van der Waals surface area contributed by atoms with Crippen molar-refractivity contribution < 1.29 is 4.79 Å². The number of aromatic nitrogens is 3. The third kappa shape index (κ3) is 5.53. The summed E-state index contributed by atoms with van der Waals surface area (Å²) in [4.78, 5) is 35.1. The molecule has 0 atom stereocenters. The largest absolute Gasteiger partial charge is 0.325 e. The van der Waals surface area contributed by atoms with Crippen LogP contribution in [0.3, 0.4) is 0 Å². The Bertz CT molecular complexity index is 1550. The van der Waals surface area contributed by atoms with Gasteiger partial charge in [-0.25, -0.2) is 4.98 Å². The van der Waals surface area contributed by atoms with Gasteiger partial charge < -0.3 is 5.32 Å². The number of hydrogen-bond acceptors (Lipinski definition) is 5. The zero-order valence-corrected chi connectivity index (χ0v) is 20.3. The van der Waals surface area contributed by atoms with E-state index in [0.717, 1.165) is 23.2 Å². The number of pyridine rings is 1. The van der Waals surface area contributed by atoms with E-state index >= 15 is 0 Å². The fraction of sp³-hybridized carbons (Fsp3) is 0.103. The quantitative estimate of drug-likeness (QED) is 0.239. The van der Waals surface area contributed by atoms with Gasteiger partial charge in [0.05, 0.1) is 23.2 Å². The Kier molecular flexibility index (Phi) is 7.19. The summed E-state index contributed by atoms with van der Waals surface area (Å²) >= 11 is 1.25. The first-order chi connectivity index (χ1) is 17.7. The van der Waals surface area contributed by atoms with Gasteiger partial charge >= 0.3 is 0 Å². The standard InChI is InChI=1S/C29H24N4O2S/c34-27(31-25-14-6-4-12-23(25)17-21-9-2-1-3-10-21)20-36-29-32-26-15-7-5-13-24(26)28(35)33(29)19-22-11-8-16-30-18-22/h1-16,18H,17,19-20H2,(H,31,34). The van der Waals surface area contributed by atoms with Crippen LogP contribution >= 0.6 is 11.8 Å². The van der Waals surface area contributed by atoms with E-state index in [1.807, 2.05) is 72.8 Å². The van der Waals surface area contributed by atoms with Crippen molar-refractivity contribution in [3.05, 3.63) is 130 Å². The van der Waals surface area contributed by atoms with Crippen molar-refractivity contribution in [1.29, 1.82) is 0 Å². The van der Waals surface area contributed by atoms with Crippen LogP contribution in [0.15, 0.2) is 113 Å². The summed E-state index contributed by atoms with van der Waals surface area (Å²) in [5, 5.41) is 4.08. The molecule has 178 valence electrons. The number of para-hydroxylation sites is 2. The maximum Gasteiger partial charge on any atom is 0.262 e. The van der Waals surface area contributed by atoms with Crippen molar-refractivity contribution in [2.75, 3.05) is 11.1 Å². The molecular formula is C29H24N4O2S. The van der Waals surface area contributed by atoms with E-state index in [2.05, 4.69) is 22.4 Å². The molecule has 0 radical (unpaired) electrons. The first kappa shape index (κ1) is 23.5. The van der Waals surface area contributed by atoms with Gasteiger partial charge in [0.25, 0.3) is 5.56 Å². The molecule has 0 saturated heterocycles.